The van der Waals surface area contributed by atoms with Gasteiger partial charge in [0, 0.05) is 24.8 Å². The summed E-state index contributed by atoms with van der Waals surface area (Å²) in [5.74, 6) is -4.45. The van der Waals surface area contributed by atoms with Crippen LogP contribution in [0.3, 0.4) is 0 Å². The van der Waals surface area contributed by atoms with Gasteiger partial charge in [0.2, 0.25) is 5.91 Å². The number of nitrogens with zero attached hydrogens (tertiary/aromatic N) is 4. The normalized spacial score (nSPS) is 12.4. The van der Waals surface area contributed by atoms with Gasteiger partial charge in [-0.15, -0.1) is 0 Å². The highest BCUT2D eigenvalue weighted by Crippen LogP contribution is 2.24. The van der Waals surface area contributed by atoms with Crippen LogP contribution in [0.2, 0.25) is 5.02 Å². The van der Waals surface area contributed by atoms with Gasteiger partial charge in [-0.1, -0.05) is 28.8 Å². The van der Waals surface area contributed by atoms with E-state index in [0.717, 1.165) is 4.90 Å². The van der Waals surface area contributed by atoms with Crippen molar-refractivity contribution >= 4 is 17.5 Å². The largest absolute Gasteiger partial charge is 0.394 e. The summed E-state index contributed by atoms with van der Waals surface area (Å²) in [5.41, 5.74) is 8.54. The fraction of sp³-hybridized carbons (Fsp3) is 0.533. The number of azide groups is 1. The van der Waals surface area contributed by atoms with Gasteiger partial charge in [-0.05, 0) is 23.6 Å². The van der Waals surface area contributed by atoms with Crippen LogP contribution in [0, 0.1) is 5.82 Å². The molecule has 6 nitrogen and oxygen atoms in total. The number of amides is 1. The lowest BCUT2D eigenvalue weighted by molar-refractivity contribution is -0.134. The molecule has 1 atom stereocenters. The lowest BCUT2D eigenvalue weighted by Crippen LogP contribution is -2.43. The van der Waals surface area contributed by atoms with Crippen molar-refractivity contribution in [1.82, 2.24) is 4.90 Å². The van der Waals surface area contributed by atoms with E-state index in [1.165, 1.54) is 19.2 Å². The number of hydrogen-bond acceptors (Lipinski definition) is 3. The third-order valence-electron chi connectivity index (χ3n) is 3.69. The second-order valence-electron chi connectivity index (χ2n) is 5.50. The number of halogens is 4. The van der Waals surface area contributed by atoms with Gasteiger partial charge < -0.3 is 10.0 Å². The summed E-state index contributed by atoms with van der Waals surface area (Å²) in [4.78, 5) is 15.4. The van der Waals surface area contributed by atoms with Crippen molar-refractivity contribution in [1.29, 1.82) is 0 Å². The van der Waals surface area contributed by atoms with E-state index in [1.807, 2.05) is 0 Å². The van der Waals surface area contributed by atoms with E-state index in [2.05, 4.69) is 10.0 Å². The smallest absolute Gasteiger partial charge is 0.255 e. The van der Waals surface area contributed by atoms with E-state index in [0.29, 0.717) is 5.56 Å². The van der Waals surface area contributed by atoms with Crippen LogP contribution in [-0.4, -0.2) is 48.1 Å². The summed E-state index contributed by atoms with van der Waals surface area (Å²) in [6, 6.07) is 3.07. The minimum atomic E-state index is -3.35. The molecule has 0 fully saturated rings. The Morgan fingerprint density at radius 2 is 2.20 bits per heavy atom. The molecule has 0 aliphatic heterocycles. The maximum Gasteiger partial charge on any atom is 0.255 e. The molecule has 1 N–H and O–H groups in total. The molecule has 1 rings (SSSR count). The summed E-state index contributed by atoms with van der Waals surface area (Å²) in [6.45, 7) is -1.73. The molecular weight excluding hydrogens is 361 g/mol. The molecule has 0 aromatic heterocycles. The Morgan fingerprint density at radius 3 is 2.80 bits per heavy atom. The Hall–Kier alpha value is -1.96. The topological polar surface area (TPSA) is 89.3 Å². The molecule has 10 heteroatoms. The molecular formula is C15H18ClF3N4O2. The highest BCUT2D eigenvalue weighted by Gasteiger charge is 2.34. The van der Waals surface area contributed by atoms with E-state index < -0.39 is 43.3 Å². The van der Waals surface area contributed by atoms with Crippen LogP contribution in [0.4, 0.5) is 13.2 Å². The van der Waals surface area contributed by atoms with Crippen molar-refractivity contribution in [3.8, 4) is 0 Å². The maximum absolute atomic E-state index is 13.6. The van der Waals surface area contributed by atoms with Gasteiger partial charge in [0.05, 0.1) is 24.2 Å². The summed E-state index contributed by atoms with van der Waals surface area (Å²) in [7, 11) is 1.29. The Morgan fingerprint density at radius 1 is 1.52 bits per heavy atom. The van der Waals surface area contributed by atoms with Crippen LogP contribution in [0.5, 0.6) is 0 Å². The number of alkyl halides is 2. The van der Waals surface area contributed by atoms with Crippen molar-refractivity contribution in [3.05, 3.63) is 45.0 Å². The predicted octanol–water partition coefficient (Wildman–Crippen LogP) is 3.57. The highest BCUT2D eigenvalue weighted by atomic mass is 35.5. The molecule has 0 saturated carbocycles. The Labute approximate surface area is 147 Å². The van der Waals surface area contributed by atoms with Crippen LogP contribution < -0.4 is 0 Å². The molecule has 0 unspecified atom stereocenters. The third kappa shape index (κ3) is 6.45. The van der Waals surface area contributed by atoms with Crippen LogP contribution in [0.25, 0.3) is 10.4 Å². The number of benzene rings is 1. The monoisotopic (exact) mass is 378 g/mol. The Bertz CT molecular complexity index is 654. The molecule has 25 heavy (non-hydrogen) atoms. The van der Waals surface area contributed by atoms with Crippen molar-refractivity contribution in [3.63, 3.8) is 0 Å². The van der Waals surface area contributed by atoms with Crippen LogP contribution >= 0.6 is 11.6 Å². The average Bonchev–Trinajstić information content (AvgIpc) is 2.58. The molecule has 0 spiro atoms. The first-order valence-electron chi connectivity index (χ1n) is 7.40. The van der Waals surface area contributed by atoms with Crippen LogP contribution in [0.15, 0.2) is 23.3 Å². The van der Waals surface area contributed by atoms with Crippen molar-refractivity contribution in [2.45, 2.75) is 31.2 Å². The lowest BCUT2D eigenvalue weighted by atomic mass is 10.1. The molecule has 138 valence electrons. The summed E-state index contributed by atoms with van der Waals surface area (Å²) < 4.78 is 40.6. The molecule has 0 aliphatic rings. The predicted molar refractivity (Wildman–Crippen MR) is 87.0 cm³/mol. The van der Waals surface area contributed by atoms with Gasteiger partial charge >= 0.3 is 0 Å². The summed E-state index contributed by atoms with van der Waals surface area (Å²) >= 11 is 5.80. The first-order valence-corrected chi connectivity index (χ1v) is 7.77. The fourth-order valence-electron chi connectivity index (χ4n) is 2.23. The number of aryl methyl sites for hydroxylation is 1. The molecule has 0 radical (unpaired) electrons. The summed E-state index contributed by atoms with van der Waals surface area (Å²) in [5, 5.41) is 12.0. The fourth-order valence-corrected chi connectivity index (χ4v) is 2.45. The first kappa shape index (κ1) is 21.1. The zero-order valence-electron chi connectivity index (χ0n) is 13.5. The van der Waals surface area contributed by atoms with Crippen LogP contribution in [-0.2, 0) is 11.2 Å². The minimum Gasteiger partial charge on any atom is -0.394 e. The van der Waals surface area contributed by atoms with Crippen molar-refractivity contribution in [2.24, 2.45) is 5.11 Å². The van der Waals surface area contributed by atoms with Gasteiger partial charge in [-0.2, -0.15) is 0 Å². The van der Waals surface area contributed by atoms with Gasteiger partial charge in [-0.25, -0.2) is 13.2 Å². The molecule has 1 amide bonds. The van der Waals surface area contributed by atoms with E-state index in [1.54, 1.807) is 6.07 Å². The standard InChI is InChI=1S/C15H18ClF3N4O2/c1-23(11(8-24)7-15(18,19)9-21-22-20)13(25)6-5-10-3-2-4-12(17)14(10)16/h2-4,11,24H,5-9H2,1H3/t11-/m0/s1. The van der Waals surface area contributed by atoms with Gasteiger partial charge in [0.15, 0.2) is 0 Å². The second-order valence-corrected chi connectivity index (χ2v) is 5.88. The van der Waals surface area contributed by atoms with Crippen molar-refractivity contribution < 1.29 is 23.1 Å². The average molecular weight is 379 g/mol. The molecule has 0 heterocycles. The van der Waals surface area contributed by atoms with Crippen molar-refractivity contribution in [2.75, 3.05) is 20.2 Å². The number of likely N-dealkylation sites (N-methyl/N-ethyl adjacent to an activating group) is 1. The third-order valence-corrected chi connectivity index (χ3v) is 4.11. The van der Waals surface area contributed by atoms with Gasteiger partial charge in [0.25, 0.3) is 5.92 Å². The number of aliphatic hydroxyl groups is 1. The zero-order valence-corrected chi connectivity index (χ0v) is 14.3. The van der Waals surface area contributed by atoms with E-state index in [9.17, 15) is 23.1 Å². The van der Waals surface area contributed by atoms with E-state index in [4.69, 9.17) is 17.1 Å². The van der Waals surface area contributed by atoms with E-state index >= 15 is 0 Å². The molecule has 1 aromatic rings. The molecule has 0 bridgehead atoms. The van der Waals surface area contributed by atoms with Crippen LogP contribution in [0.1, 0.15) is 18.4 Å². The maximum atomic E-state index is 13.6. The Balaban J connectivity index is 2.69. The van der Waals surface area contributed by atoms with Gasteiger partial charge in [-0.3, -0.25) is 4.79 Å². The van der Waals surface area contributed by atoms with E-state index in [-0.39, 0.29) is 17.9 Å². The SMILES string of the molecule is CN(C(=O)CCc1cccc(F)c1Cl)[C@H](CO)CC(F)(F)CN=[N+]=[N-]. The quantitative estimate of drug-likeness (QED) is 0.404. The number of carbonyl (C=O) groups excluding carboxylic acids is 1. The van der Waals surface area contributed by atoms with Gasteiger partial charge in [0.1, 0.15) is 5.82 Å². The molecule has 1 aromatic carbocycles. The number of aliphatic hydroxyl groups excluding tert-OH is 1. The second kappa shape index (κ2) is 9.50. The number of hydrogen-bond donors (Lipinski definition) is 1. The first-order chi connectivity index (χ1) is 11.7. The lowest BCUT2D eigenvalue weighted by Gasteiger charge is -2.29. The zero-order chi connectivity index (χ0) is 19.0. The highest BCUT2D eigenvalue weighted by molar-refractivity contribution is 6.31. The Kier molecular flexibility index (Phi) is 8.02. The summed E-state index contributed by atoms with van der Waals surface area (Å²) in [6.07, 6.45) is -0.795. The molecule has 0 aliphatic carbocycles. The number of carbonyl (C=O) groups is 1. The number of rotatable bonds is 9. The minimum absolute atomic E-state index is 0.0852. The molecule has 0 saturated heterocycles.